The van der Waals surface area contributed by atoms with Crippen molar-refractivity contribution in [3.05, 3.63) is 81.4 Å². The number of halogens is 5. The molecule has 2 aliphatic rings. The fraction of sp³-hybridized carbons (Fsp3) is 0.323. The van der Waals surface area contributed by atoms with Crippen molar-refractivity contribution in [3.8, 4) is 29.1 Å². The van der Waals surface area contributed by atoms with Gasteiger partial charge in [-0.05, 0) is 62.1 Å². The quantitative estimate of drug-likeness (QED) is 0.266. The second-order valence-corrected chi connectivity index (χ2v) is 11.0. The first-order valence-electron chi connectivity index (χ1n) is 13.5. The van der Waals surface area contributed by atoms with Gasteiger partial charge in [-0.15, -0.1) is 0 Å². The number of rotatable bonds is 8. The van der Waals surface area contributed by atoms with Crippen LogP contribution in [-0.4, -0.2) is 49.3 Å². The SMILES string of the molecule is COc1cc(C(=O)NC[C@H](c2cc3c(c(C#Cc4cccc(Cl)c4F)n2)OC[C@]3(C)C(N)=O)C(F)(F)F)ccc1OC1CC1. The summed E-state index contributed by atoms with van der Waals surface area (Å²) in [5.74, 6) is 0.952. The number of hydrogen-bond donors (Lipinski definition) is 2. The lowest BCUT2D eigenvalue weighted by Crippen LogP contribution is -2.40. The lowest BCUT2D eigenvalue weighted by Gasteiger charge is -2.23. The van der Waals surface area contributed by atoms with E-state index < -0.39 is 47.4 Å². The normalized spacial score (nSPS) is 17.9. The number of pyridine rings is 1. The fourth-order valence-corrected chi connectivity index (χ4v) is 4.73. The summed E-state index contributed by atoms with van der Waals surface area (Å²) < 4.78 is 74.6. The van der Waals surface area contributed by atoms with Crippen LogP contribution in [0.2, 0.25) is 5.02 Å². The van der Waals surface area contributed by atoms with Crippen molar-refractivity contribution in [2.45, 2.75) is 43.4 Å². The first-order valence-corrected chi connectivity index (χ1v) is 13.8. The molecule has 1 aliphatic carbocycles. The average molecular weight is 632 g/mol. The number of benzene rings is 2. The van der Waals surface area contributed by atoms with Crippen LogP contribution in [0.3, 0.4) is 0 Å². The molecule has 3 N–H and O–H groups in total. The van der Waals surface area contributed by atoms with Gasteiger partial charge in [-0.3, -0.25) is 9.59 Å². The van der Waals surface area contributed by atoms with Crippen LogP contribution in [0.5, 0.6) is 17.2 Å². The van der Waals surface area contributed by atoms with E-state index in [9.17, 15) is 27.2 Å². The number of alkyl halides is 3. The van der Waals surface area contributed by atoms with Crippen LogP contribution in [0.15, 0.2) is 42.5 Å². The molecule has 1 saturated carbocycles. The Labute approximate surface area is 254 Å². The Bertz CT molecular complexity index is 1700. The van der Waals surface area contributed by atoms with Gasteiger partial charge in [0.15, 0.2) is 28.8 Å². The van der Waals surface area contributed by atoms with Crippen molar-refractivity contribution in [1.29, 1.82) is 0 Å². The maximum atomic E-state index is 14.5. The zero-order chi connectivity index (χ0) is 31.8. The van der Waals surface area contributed by atoms with Gasteiger partial charge in [0.25, 0.3) is 5.91 Å². The van der Waals surface area contributed by atoms with Gasteiger partial charge in [0, 0.05) is 17.7 Å². The van der Waals surface area contributed by atoms with Gasteiger partial charge >= 0.3 is 6.18 Å². The number of amides is 2. The molecule has 1 aliphatic heterocycles. The maximum Gasteiger partial charge on any atom is 0.398 e. The van der Waals surface area contributed by atoms with E-state index in [1.807, 2.05) is 0 Å². The molecule has 230 valence electrons. The zero-order valence-corrected chi connectivity index (χ0v) is 24.2. The summed E-state index contributed by atoms with van der Waals surface area (Å²) in [6.07, 6.45) is -3.02. The predicted molar refractivity (Wildman–Crippen MR) is 151 cm³/mol. The molecule has 2 amide bonds. The Kier molecular flexibility index (Phi) is 8.36. The molecule has 0 radical (unpaired) electrons. The van der Waals surface area contributed by atoms with Gasteiger partial charge in [0.05, 0.1) is 29.5 Å². The Morgan fingerprint density at radius 3 is 2.61 bits per heavy atom. The molecule has 8 nitrogen and oxygen atoms in total. The van der Waals surface area contributed by atoms with Crippen LogP contribution < -0.4 is 25.3 Å². The lowest BCUT2D eigenvalue weighted by atomic mass is 9.82. The van der Waals surface area contributed by atoms with E-state index >= 15 is 0 Å². The molecule has 1 fully saturated rings. The number of hydrogen-bond acceptors (Lipinski definition) is 6. The summed E-state index contributed by atoms with van der Waals surface area (Å²) in [7, 11) is 1.39. The highest BCUT2D eigenvalue weighted by Gasteiger charge is 2.47. The fourth-order valence-electron chi connectivity index (χ4n) is 4.55. The second-order valence-electron chi connectivity index (χ2n) is 10.6. The summed E-state index contributed by atoms with van der Waals surface area (Å²) in [5, 5.41) is 2.11. The van der Waals surface area contributed by atoms with Gasteiger partial charge < -0.3 is 25.3 Å². The van der Waals surface area contributed by atoms with Crippen LogP contribution in [0.4, 0.5) is 17.6 Å². The molecule has 2 heterocycles. The topological polar surface area (TPSA) is 113 Å². The Balaban J connectivity index is 1.49. The third-order valence-electron chi connectivity index (χ3n) is 7.37. The molecule has 1 aromatic heterocycles. The molecule has 2 atom stereocenters. The number of methoxy groups -OCH3 is 1. The van der Waals surface area contributed by atoms with E-state index in [4.69, 9.17) is 31.5 Å². The van der Waals surface area contributed by atoms with Crippen LogP contribution in [0.25, 0.3) is 0 Å². The molecule has 0 unspecified atom stereocenters. The molecule has 44 heavy (non-hydrogen) atoms. The smallest absolute Gasteiger partial charge is 0.398 e. The summed E-state index contributed by atoms with van der Waals surface area (Å²) in [6, 6.07) is 9.50. The average Bonchev–Trinajstić information content (AvgIpc) is 3.73. The highest BCUT2D eigenvalue weighted by Crippen LogP contribution is 2.43. The number of nitrogens with two attached hydrogens (primary N) is 1. The standard InChI is InChI=1S/C31H26ClF4N3O5/c1-30(29(37)41)15-43-27-19(30)13-23(39-22(27)10-6-16-4-3-5-21(32)26(16)33)20(31(34,35)36)14-38-28(40)17-7-11-24(25(12-17)42-2)44-18-8-9-18/h3-5,7,11-13,18,20H,8-9,14-15H2,1-2H3,(H2,37,41)(H,38,40)/t20-,30+/m1/s1. The first kappa shape index (κ1) is 30.9. The monoisotopic (exact) mass is 631 g/mol. The van der Waals surface area contributed by atoms with Crippen molar-refractivity contribution in [3.63, 3.8) is 0 Å². The molecular formula is C31H26ClF4N3O5. The van der Waals surface area contributed by atoms with E-state index in [2.05, 4.69) is 22.1 Å². The molecule has 0 saturated heterocycles. The van der Waals surface area contributed by atoms with Crippen LogP contribution >= 0.6 is 11.6 Å². The van der Waals surface area contributed by atoms with Gasteiger partial charge in [0.2, 0.25) is 5.91 Å². The number of primary amides is 1. The number of aromatic nitrogens is 1. The van der Waals surface area contributed by atoms with Gasteiger partial charge in [-0.1, -0.05) is 23.6 Å². The first-order chi connectivity index (χ1) is 20.8. The lowest BCUT2D eigenvalue weighted by molar-refractivity contribution is -0.149. The largest absolute Gasteiger partial charge is 0.493 e. The zero-order valence-electron chi connectivity index (χ0n) is 23.5. The molecular weight excluding hydrogens is 606 g/mol. The minimum atomic E-state index is -4.89. The highest BCUT2D eigenvalue weighted by molar-refractivity contribution is 6.30. The van der Waals surface area contributed by atoms with E-state index in [0.29, 0.717) is 5.75 Å². The Morgan fingerprint density at radius 1 is 1.20 bits per heavy atom. The molecule has 0 spiro atoms. The van der Waals surface area contributed by atoms with Crippen molar-refractivity contribution in [2.24, 2.45) is 5.73 Å². The van der Waals surface area contributed by atoms with Crippen molar-refractivity contribution < 1.29 is 41.4 Å². The number of carbonyl (C=O) groups is 2. The minimum Gasteiger partial charge on any atom is -0.493 e. The Hall–Kier alpha value is -4.50. The van der Waals surface area contributed by atoms with Gasteiger partial charge in [0.1, 0.15) is 17.9 Å². The minimum absolute atomic E-state index is 0.0439. The van der Waals surface area contributed by atoms with Crippen LogP contribution in [-0.2, 0) is 10.2 Å². The third-order valence-corrected chi connectivity index (χ3v) is 7.66. The van der Waals surface area contributed by atoms with E-state index in [1.54, 1.807) is 0 Å². The predicted octanol–water partition coefficient (Wildman–Crippen LogP) is 5.04. The molecule has 13 heteroatoms. The maximum absolute atomic E-state index is 14.5. The van der Waals surface area contributed by atoms with Crippen molar-refractivity contribution in [1.82, 2.24) is 10.3 Å². The Morgan fingerprint density at radius 2 is 1.95 bits per heavy atom. The van der Waals surface area contributed by atoms with Crippen LogP contribution in [0.1, 0.15) is 58.6 Å². The second kappa shape index (κ2) is 11.9. The number of carbonyl (C=O) groups excluding carboxylic acids is 2. The summed E-state index contributed by atoms with van der Waals surface area (Å²) in [6.45, 7) is 0.257. The van der Waals surface area contributed by atoms with Crippen molar-refractivity contribution in [2.75, 3.05) is 20.3 Å². The van der Waals surface area contributed by atoms with Crippen molar-refractivity contribution >= 4 is 23.4 Å². The van der Waals surface area contributed by atoms with E-state index in [-0.39, 0.29) is 51.6 Å². The number of fused-ring (bicyclic) bond motifs is 1. The summed E-state index contributed by atoms with van der Waals surface area (Å²) >= 11 is 5.82. The highest BCUT2D eigenvalue weighted by atomic mass is 35.5. The van der Waals surface area contributed by atoms with E-state index in [0.717, 1.165) is 18.9 Å². The number of nitrogens with one attached hydrogen (secondary N) is 1. The third kappa shape index (κ3) is 6.24. The summed E-state index contributed by atoms with van der Waals surface area (Å²) in [5.41, 5.74) is 3.26. The number of ether oxygens (including phenoxy) is 3. The molecule has 2 aromatic carbocycles. The van der Waals surface area contributed by atoms with Crippen LogP contribution in [0, 0.1) is 17.7 Å². The molecule has 0 bridgehead atoms. The molecule has 5 rings (SSSR count). The summed E-state index contributed by atoms with van der Waals surface area (Å²) in [4.78, 5) is 29.4. The number of nitrogens with zero attached hydrogens (tertiary/aromatic N) is 1. The van der Waals surface area contributed by atoms with Gasteiger partial charge in [-0.2, -0.15) is 13.2 Å². The molecule has 3 aromatic rings. The van der Waals surface area contributed by atoms with Gasteiger partial charge in [-0.25, -0.2) is 9.37 Å². The van der Waals surface area contributed by atoms with E-state index in [1.165, 1.54) is 50.4 Å².